The normalized spacial score (nSPS) is 16.8. The minimum atomic E-state index is -4.67. The van der Waals surface area contributed by atoms with Crippen LogP contribution in [-0.2, 0) is 6.18 Å². The molecule has 1 aliphatic rings. The number of aromatic amines is 1. The van der Waals surface area contributed by atoms with Gasteiger partial charge in [-0.1, -0.05) is 19.3 Å². The Morgan fingerprint density at radius 1 is 1.32 bits per heavy atom. The van der Waals surface area contributed by atoms with Gasteiger partial charge in [0.15, 0.2) is 5.65 Å². The van der Waals surface area contributed by atoms with Gasteiger partial charge in [-0.25, -0.2) is 4.52 Å². The molecule has 1 saturated carbocycles. The molecule has 5 nitrogen and oxygen atoms in total. The molecule has 3 rings (SSSR count). The highest BCUT2D eigenvalue weighted by Gasteiger charge is 2.37. The highest BCUT2D eigenvalue weighted by molar-refractivity contribution is 5.60. The standard InChI is InChI=1S/C14H13F3N4O/c15-14(16,17)10-7-21-12(9(10)6-18)19-13(22)11(20-21)8-4-2-1-3-5-8/h7-8H,1-5H2,(H,19,22). The first kappa shape index (κ1) is 14.6. The Bertz CT molecular complexity index is 806. The Morgan fingerprint density at radius 2 is 2.00 bits per heavy atom. The van der Waals surface area contributed by atoms with Crippen LogP contribution >= 0.6 is 0 Å². The minimum Gasteiger partial charge on any atom is -0.304 e. The van der Waals surface area contributed by atoms with Crippen molar-refractivity contribution < 1.29 is 13.2 Å². The van der Waals surface area contributed by atoms with Crippen LogP contribution in [0.4, 0.5) is 13.2 Å². The molecule has 0 bridgehead atoms. The van der Waals surface area contributed by atoms with Crippen molar-refractivity contribution in [3.8, 4) is 6.07 Å². The summed E-state index contributed by atoms with van der Waals surface area (Å²) in [6.07, 6.45) is 0.757. The van der Waals surface area contributed by atoms with E-state index in [2.05, 4.69) is 10.1 Å². The Balaban J connectivity index is 2.18. The molecule has 0 amide bonds. The minimum absolute atomic E-state index is 0.0378. The summed E-state index contributed by atoms with van der Waals surface area (Å²) in [6.45, 7) is 0. The summed E-state index contributed by atoms with van der Waals surface area (Å²) < 4.78 is 39.8. The molecule has 2 aromatic rings. The van der Waals surface area contributed by atoms with Crippen LogP contribution in [0.3, 0.4) is 0 Å². The third kappa shape index (κ3) is 2.36. The van der Waals surface area contributed by atoms with Crippen LogP contribution in [0.15, 0.2) is 11.0 Å². The zero-order valence-electron chi connectivity index (χ0n) is 11.6. The SMILES string of the molecule is N#Cc1c(C(F)(F)F)cn2nc(C3CCCCC3)c(=O)[nH]c12. The predicted octanol–water partition coefficient (Wildman–Crippen LogP) is 2.96. The van der Waals surface area contributed by atoms with E-state index in [1.165, 1.54) is 6.07 Å². The van der Waals surface area contributed by atoms with E-state index in [0.29, 0.717) is 0 Å². The first-order valence-corrected chi connectivity index (χ1v) is 7.04. The molecule has 8 heteroatoms. The third-order valence-corrected chi connectivity index (χ3v) is 4.08. The summed E-state index contributed by atoms with van der Waals surface area (Å²) in [5, 5.41) is 13.0. The fraction of sp³-hybridized carbons (Fsp3) is 0.500. The van der Waals surface area contributed by atoms with Crippen molar-refractivity contribution >= 4 is 5.65 Å². The number of hydrogen-bond acceptors (Lipinski definition) is 3. The van der Waals surface area contributed by atoms with Crippen LogP contribution in [0, 0.1) is 11.3 Å². The van der Waals surface area contributed by atoms with Crippen LogP contribution in [0.1, 0.15) is 54.8 Å². The van der Waals surface area contributed by atoms with Gasteiger partial charge in [0.05, 0.1) is 5.56 Å². The van der Waals surface area contributed by atoms with Gasteiger partial charge in [0.2, 0.25) is 0 Å². The average Bonchev–Trinajstić information content (AvgIpc) is 2.85. The number of aromatic nitrogens is 3. The summed E-state index contributed by atoms with van der Waals surface area (Å²) in [5.41, 5.74) is -2.16. The number of nitriles is 1. The summed E-state index contributed by atoms with van der Waals surface area (Å²) in [6, 6.07) is 1.50. The number of halogens is 3. The number of nitrogens with one attached hydrogen (secondary N) is 1. The van der Waals surface area contributed by atoms with Crippen LogP contribution < -0.4 is 5.56 Å². The van der Waals surface area contributed by atoms with Gasteiger partial charge in [-0.05, 0) is 12.8 Å². The van der Waals surface area contributed by atoms with Crippen molar-refractivity contribution in [2.24, 2.45) is 0 Å². The van der Waals surface area contributed by atoms with Gasteiger partial charge in [0.1, 0.15) is 17.3 Å². The second-order valence-electron chi connectivity index (χ2n) is 5.49. The van der Waals surface area contributed by atoms with Gasteiger partial charge in [0.25, 0.3) is 5.56 Å². The summed E-state index contributed by atoms with van der Waals surface area (Å²) in [7, 11) is 0. The zero-order valence-corrected chi connectivity index (χ0v) is 11.6. The van der Waals surface area contributed by atoms with Gasteiger partial charge in [-0.15, -0.1) is 0 Å². The van der Waals surface area contributed by atoms with Crippen molar-refractivity contribution in [1.82, 2.24) is 14.6 Å². The molecule has 1 aliphatic carbocycles. The van der Waals surface area contributed by atoms with E-state index in [9.17, 15) is 18.0 Å². The number of hydrogen-bond donors (Lipinski definition) is 1. The van der Waals surface area contributed by atoms with E-state index in [1.807, 2.05) is 0 Å². The Kier molecular flexibility index (Phi) is 3.43. The van der Waals surface area contributed by atoms with Gasteiger partial charge in [-0.3, -0.25) is 4.79 Å². The van der Waals surface area contributed by atoms with Crippen LogP contribution in [0.5, 0.6) is 0 Å². The molecular formula is C14H13F3N4O. The first-order valence-electron chi connectivity index (χ1n) is 7.04. The van der Waals surface area contributed by atoms with Gasteiger partial charge in [0, 0.05) is 12.1 Å². The Hall–Kier alpha value is -2.30. The largest absolute Gasteiger partial charge is 0.419 e. The number of fused-ring (bicyclic) bond motifs is 1. The van der Waals surface area contributed by atoms with E-state index in [0.717, 1.165) is 42.8 Å². The molecule has 1 fully saturated rings. The molecule has 0 spiro atoms. The van der Waals surface area contributed by atoms with Crippen molar-refractivity contribution in [3.05, 3.63) is 33.4 Å². The molecule has 0 radical (unpaired) electrons. The lowest BCUT2D eigenvalue weighted by atomic mass is 9.87. The second-order valence-corrected chi connectivity index (χ2v) is 5.49. The Labute approximate surface area is 123 Å². The average molecular weight is 310 g/mol. The molecule has 2 heterocycles. The molecule has 0 saturated heterocycles. The maximum absolute atomic E-state index is 12.9. The number of H-pyrrole nitrogens is 1. The highest BCUT2D eigenvalue weighted by Crippen LogP contribution is 2.34. The van der Waals surface area contributed by atoms with Crippen LogP contribution in [0.25, 0.3) is 5.65 Å². The maximum atomic E-state index is 12.9. The number of alkyl halides is 3. The van der Waals surface area contributed by atoms with E-state index in [1.54, 1.807) is 0 Å². The molecule has 1 N–H and O–H groups in total. The lowest BCUT2D eigenvalue weighted by Crippen LogP contribution is -2.22. The Morgan fingerprint density at radius 3 is 2.59 bits per heavy atom. The zero-order chi connectivity index (χ0) is 15.9. The van der Waals surface area contributed by atoms with Crippen molar-refractivity contribution in [3.63, 3.8) is 0 Å². The smallest absolute Gasteiger partial charge is 0.304 e. The molecule has 2 aromatic heterocycles. The highest BCUT2D eigenvalue weighted by atomic mass is 19.4. The van der Waals surface area contributed by atoms with Crippen LogP contribution in [-0.4, -0.2) is 14.6 Å². The van der Waals surface area contributed by atoms with E-state index < -0.39 is 22.9 Å². The fourth-order valence-corrected chi connectivity index (χ4v) is 3.00. The van der Waals surface area contributed by atoms with E-state index in [-0.39, 0.29) is 17.3 Å². The molecular weight excluding hydrogens is 297 g/mol. The first-order chi connectivity index (χ1) is 10.4. The van der Waals surface area contributed by atoms with Crippen molar-refractivity contribution in [2.45, 2.75) is 44.2 Å². The van der Waals surface area contributed by atoms with E-state index in [4.69, 9.17) is 5.26 Å². The summed E-state index contributed by atoms with van der Waals surface area (Å²) in [4.78, 5) is 14.5. The summed E-state index contributed by atoms with van der Waals surface area (Å²) >= 11 is 0. The van der Waals surface area contributed by atoms with Gasteiger partial charge < -0.3 is 4.98 Å². The number of rotatable bonds is 1. The van der Waals surface area contributed by atoms with Gasteiger partial charge >= 0.3 is 6.18 Å². The lowest BCUT2D eigenvalue weighted by molar-refractivity contribution is -0.137. The van der Waals surface area contributed by atoms with Crippen molar-refractivity contribution in [2.75, 3.05) is 0 Å². The second kappa shape index (κ2) is 5.16. The topological polar surface area (TPSA) is 74.0 Å². The molecule has 22 heavy (non-hydrogen) atoms. The van der Waals surface area contributed by atoms with Gasteiger partial charge in [-0.2, -0.15) is 23.5 Å². The number of nitrogens with zero attached hydrogens (tertiary/aromatic N) is 3. The summed E-state index contributed by atoms with van der Waals surface area (Å²) in [5.74, 6) is -0.0378. The molecule has 0 atom stereocenters. The maximum Gasteiger partial charge on any atom is 0.419 e. The molecule has 0 aliphatic heterocycles. The molecule has 0 unspecified atom stereocenters. The third-order valence-electron chi connectivity index (χ3n) is 4.08. The van der Waals surface area contributed by atoms with Crippen molar-refractivity contribution in [1.29, 1.82) is 5.26 Å². The lowest BCUT2D eigenvalue weighted by Gasteiger charge is -2.19. The molecule has 116 valence electrons. The quantitative estimate of drug-likeness (QED) is 0.880. The van der Waals surface area contributed by atoms with Crippen LogP contribution in [0.2, 0.25) is 0 Å². The fourth-order valence-electron chi connectivity index (χ4n) is 3.00. The molecule has 0 aromatic carbocycles. The monoisotopic (exact) mass is 310 g/mol. The predicted molar refractivity (Wildman–Crippen MR) is 71.4 cm³/mol. The van der Waals surface area contributed by atoms with E-state index >= 15 is 0 Å².